The van der Waals surface area contributed by atoms with Crippen molar-refractivity contribution in [1.82, 2.24) is 5.32 Å². The van der Waals surface area contributed by atoms with Crippen LogP contribution in [0.25, 0.3) is 11.0 Å². The molecular formula is C22H22N2O5S. The molecule has 2 N–H and O–H groups in total. The first-order chi connectivity index (χ1) is 14.4. The summed E-state index contributed by atoms with van der Waals surface area (Å²) in [4.78, 5) is 24.5. The number of nitrogens with one attached hydrogen (secondary N) is 2. The van der Waals surface area contributed by atoms with E-state index in [0.717, 1.165) is 10.9 Å². The Hall–Kier alpha value is -3.13. The highest BCUT2D eigenvalue weighted by atomic mass is 32.2. The number of sulfone groups is 1. The van der Waals surface area contributed by atoms with Gasteiger partial charge in [0.1, 0.15) is 5.58 Å². The Bertz CT molecular complexity index is 1150. The molecule has 1 fully saturated rings. The van der Waals surface area contributed by atoms with Gasteiger partial charge in [0.25, 0.3) is 5.91 Å². The number of benzene rings is 2. The monoisotopic (exact) mass is 426 g/mol. The van der Waals surface area contributed by atoms with Crippen LogP contribution in [0.15, 0.2) is 59.0 Å². The first kappa shape index (κ1) is 20.2. The zero-order valence-corrected chi connectivity index (χ0v) is 17.1. The lowest BCUT2D eigenvalue weighted by molar-refractivity contribution is -0.120. The van der Waals surface area contributed by atoms with E-state index in [4.69, 9.17) is 4.42 Å². The molecule has 0 spiro atoms. The molecule has 1 saturated heterocycles. The Balaban J connectivity index is 1.29. The van der Waals surface area contributed by atoms with Crippen molar-refractivity contribution in [2.45, 2.75) is 12.8 Å². The molecule has 1 aliphatic rings. The number of amides is 2. The minimum atomic E-state index is -2.94. The Morgan fingerprint density at radius 2 is 1.83 bits per heavy atom. The van der Waals surface area contributed by atoms with Crippen LogP contribution in [-0.2, 0) is 21.1 Å². The number of carbonyl (C=O) groups is 2. The van der Waals surface area contributed by atoms with Crippen molar-refractivity contribution in [2.24, 2.45) is 5.92 Å². The maximum Gasteiger partial charge on any atom is 0.291 e. The Morgan fingerprint density at radius 3 is 2.53 bits per heavy atom. The molecule has 2 aromatic carbocycles. The summed E-state index contributed by atoms with van der Waals surface area (Å²) in [5, 5.41) is 6.45. The van der Waals surface area contributed by atoms with E-state index < -0.39 is 9.84 Å². The molecule has 1 unspecified atom stereocenters. The lowest BCUT2D eigenvalue weighted by Gasteiger charge is -2.10. The second kappa shape index (κ2) is 8.31. The molecule has 2 heterocycles. The first-order valence-electron chi connectivity index (χ1n) is 9.74. The highest BCUT2D eigenvalue weighted by Crippen LogP contribution is 2.20. The molecule has 30 heavy (non-hydrogen) atoms. The topological polar surface area (TPSA) is 105 Å². The summed E-state index contributed by atoms with van der Waals surface area (Å²) in [6.45, 7) is 0.379. The molecule has 3 aromatic rings. The summed E-state index contributed by atoms with van der Waals surface area (Å²) < 4.78 is 28.5. The average molecular weight is 426 g/mol. The Kier molecular flexibility index (Phi) is 5.59. The fourth-order valence-corrected chi connectivity index (χ4v) is 5.39. The summed E-state index contributed by atoms with van der Waals surface area (Å²) in [6.07, 6.45) is 0.791. The van der Waals surface area contributed by atoms with E-state index in [1.54, 1.807) is 36.4 Å². The lowest BCUT2D eigenvalue weighted by Crippen LogP contribution is -2.31. The van der Waals surface area contributed by atoms with Crippen molar-refractivity contribution in [3.05, 3.63) is 65.9 Å². The maximum absolute atomic E-state index is 12.4. The highest BCUT2D eigenvalue weighted by Gasteiger charge is 2.27. The molecule has 0 saturated carbocycles. The molecule has 0 bridgehead atoms. The van der Waals surface area contributed by atoms with E-state index in [1.807, 2.05) is 18.2 Å². The van der Waals surface area contributed by atoms with Crippen molar-refractivity contribution >= 4 is 38.3 Å². The number of hydrogen-bond acceptors (Lipinski definition) is 5. The van der Waals surface area contributed by atoms with Gasteiger partial charge in [-0.15, -0.1) is 0 Å². The zero-order chi connectivity index (χ0) is 21.1. The van der Waals surface area contributed by atoms with Gasteiger partial charge in [0.15, 0.2) is 15.6 Å². The number of hydrogen-bond donors (Lipinski definition) is 2. The number of rotatable bonds is 6. The summed E-state index contributed by atoms with van der Waals surface area (Å²) in [5.74, 6) is 0.0757. The minimum Gasteiger partial charge on any atom is -0.451 e. The molecule has 1 aliphatic heterocycles. The normalized spacial score (nSPS) is 17.7. The molecule has 8 heteroatoms. The van der Waals surface area contributed by atoms with Gasteiger partial charge in [-0.3, -0.25) is 9.59 Å². The van der Waals surface area contributed by atoms with Crippen molar-refractivity contribution in [3.8, 4) is 0 Å². The fourth-order valence-electron chi connectivity index (χ4n) is 3.53. The van der Waals surface area contributed by atoms with Gasteiger partial charge in [-0.25, -0.2) is 8.42 Å². The second-order valence-electron chi connectivity index (χ2n) is 7.55. The van der Waals surface area contributed by atoms with Crippen LogP contribution in [0.5, 0.6) is 0 Å². The molecule has 7 nitrogen and oxygen atoms in total. The predicted molar refractivity (Wildman–Crippen MR) is 114 cm³/mol. The van der Waals surface area contributed by atoms with E-state index in [0.29, 0.717) is 24.2 Å². The fraction of sp³-hybridized carbons (Fsp3) is 0.273. The number of anilines is 1. The third-order valence-corrected chi connectivity index (χ3v) is 6.98. The summed E-state index contributed by atoms with van der Waals surface area (Å²) in [7, 11) is -2.94. The summed E-state index contributed by atoms with van der Waals surface area (Å²) in [6, 6.07) is 16.1. The number of carbonyl (C=O) groups excluding carboxylic acids is 2. The van der Waals surface area contributed by atoms with Crippen LogP contribution < -0.4 is 10.6 Å². The van der Waals surface area contributed by atoms with E-state index in [2.05, 4.69) is 10.6 Å². The summed E-state index contributed by atoms with van der Waals surface area (Å²) in [5.41, 5.74) is 2.05. The van der Waals surface area contributed by atoms with Gasteiger partial charge in [-0.05, 0) is 42.2 Å². The van der Waals surface area contributed by atoms with Crippen molar-refractivity contribution < 1.29 is 22.4 Å². The van der Waals surface area contributed by atoms with Gasteiger partial charge in [-0.1, -0.05) is 30.3 Å². The largest absolute Gasteiger partial charge is 0.451 e. The van der Waals surface area contributed by atoms with Gasteiger partial charge < -0.3 is 15.1 Å². The van der Waals surface area contributed by atoms with E-state index in [-0.39, 0.29) is 41.4 Å². The predicted octanol–water partition coefficient (Wildman–Crippen LogP) is 2.78. The van der Waals surface area contributed by atoms with Crippen LogP contribution in [0, 0.1) is 5.92 Å². The molecule has 0 aliphatic carbocycles. The maximum atomic E-state index is 12.4. The SMILES string of the molecule is O=C(Cc1ccc(NC(=O)c2cc3ccccc3o2)cc1)NCC1CCS(=O)(=O)C1. The van der Waals surface area contributed by atoms with Crippen LogP contribution in [-0.4, -0.2) is 38.3 Å². The Morgan fingerprint density at radius 1 is 1.07 bits per heavy atom. The number of para-hydroxylation sites is 1. The lowest BCUT2D eigenvalue weighted by atomic mass is 10.1. The quantitative estimate of drug-likeness (QED) is 0.631. The van der Waals surface area contributed by atoms with E-state index in [1.165, 1.54) is 0 Å². The molecule has 0 radical (unpaired) electrons. The second-order valence-corrected chi connectivity index (χ2v) is 9.78. The van der Waals surface area contributed by atoms with Crippen LogP contribution >= 0.6 is 0 Å². The first-order valence-corrected chi connectivity index (χ1v) is 11.6. The molecule has 1 aromatic heterocycles. The smallest absolute Gasteiger partial charge is 0.291 e. The molecular weight excluding hydrogens is 404 g/mol. The van der Waals surface area contributed by atoms with Gasteiger partial charge in [0, 0.05) is 17.6 Å². The van der Waals surface area contributed by atoms with Gasteiger partial charge >= 0.3 is 0 Å². The molecule has 2 amide bonds. The standard InChI is InChI=1S/C22H22N2O5S/c25-21(23-13-16-9-10-30(27,28)14-16)11-15-5-7-18(8-6-15)24-22(26)20-12-17-3-1-2-4-19(17)29-20/h1-8,12,16H,9-11,13-14H2,(H,23,25)(H,24,26). The van der Waals surface area contributed by atoms with Crippen molar-refractivity contribution in [3.63, 3.8) is 0 Å². The van der Waals surface area contributed by atoms with E-state index in [9.17, 15) is 18.0 Å². The zero-order valence-electron chi connectivity index (χ0n) is 16.3. The van der Waals surface area contributed by atoms with Gasteiger partial charge in [-0.2, -0.15) is 0 Å². The van der Waals surface area contributed by atoms with E-state index >= 15 is 0 Å². The average Bonchev–Trinajstić information content (AvgIpc) is 3.30. The molecule has 4 rings (SSSR count). The highest BCUT2D eigenvalue weighted by molar-refractivity contribution is 7.91. The van der Waals surface area contributed by atoms with Crippen LogP contribution in [0.2, 0.25) is 0 Å². The third-order valence-electron chi connectivity index (χ3n) is 5.14. The number of fused-ring (bicyclic) bond motifs is 1. The van der Waals surface area contributed by atoms with Crippen LogP contribution in [0.1, 0.15) is 22.5 Å². The third kappa shape index (κ3) is 4.88. The van der Waals surface area contributed by atoms with Gasteiger partial charge in [0.05, 0.1) is 17.9 Å². The summed E-state index contributed by atoms with van der Waals surface area (Å²) >= 11 is 0. The van der Waals surface area contributed by atoms with Crippen molar-refractivity contribution in [2.75, 3.05) is 23.4 Å². The Labute approximate surface area is 174 Å². The number of furan rings is 1. The molecule has 1 atom stereocenters. The van der Waals surface area contributed by atoms with Crippen LogP contribution in [0.4, 0.5) is 5.69 Å². The van der Waals surface area contributed by atoms with Crippen molar-refractivity contribution in [1.29, 1.82) is 0 Å². The minimum absolute atomic E-state index is 0.00483. The molecule has 156 valence electrons. The van der Waals surface area contributed by atoms with Crippen LogP contribution in [0.3, 0.4) is 0 Å². The van der Waals surface area contributed by atoms with Gasteiger partial charge in [0.2, 0.25) is 5.91 Å².